The molecule has 0 saturated heterocycles. The molecular weight excluding hydrogens is 416 g/mol. The van der Waals surface area contributed by atoms with Crippen molar-refractivity contribution in [2.75, 3.05) is 13.1 Å². The van der Waals surface area contributed by atoms with Gasteiger partial charge in [-0.25, -0.2) is 0 Å². The first-order valence-electron chi connectivity index (χ1n) is 10.9. The number of carboxylic acid groups (broad SMARTS) is 1. The monoisotopic (exact) mass is 456 g/mol. The molecule has 0 aliphatic heterocycles. The summed E-state index contributed by atoms with van der Waals surface area (Å²) in [4.78, 5) is 59.7. The lowest BCUT2D eigenvalue weighted by Crippen LogP contribution is -2.56. The molecular formula is C22H40N4O6. The van der Waals surface area contributed by atoms with Gasteiger partial charge in [-0.3, -0.25) is 19.2 Å². The fraction of sp³-hybridized carbons (Fsp3) is 0.773. The minimum absolute atomic E-state index is 0.0593. The van der Waals surface area contributed by atoms with Gasteiger partial charge in [0, 0.05) is 36.9 Å². The Morgan fingerprint density at radius 2 is 1.31 bits per heavy atom. The summed E-state index contributed by atoms with van der Waals surface area (Å²) in [6.07, 6.45) is 0.0608. The Labute approximate surface area is 190 Å². The van der Waals surface area contributed by atoms with Gasteiger partial charge < -0.3 is 31.2 Å². The number of amides is 3. The maximum atomic E-state index is 12.9. The molecule has 184 valence electrons. The zero-order valence-corrected chi connectivity index (χ0v) is 20.4. The van der Waals surface area contributed by atoms with Crippen LogP contribution in [0, 0.1) is 5.41 Å². The average Bonchev–Trinajstić information content (AvgIpc) is 2.62. The highest BCUT2D eigenvalue weighted by Gasteiger charge is 2.28. The van der Waals surface area contributed by atoms with Gasteiger partial charge in [-0.2, -0.15) is 0 Å². The summed E-state index contributed by atoms with van der Waals surface area (Å²) in [5, 5.41) is 20.1. The normalized spacial score (nSPS) is 13.6. The molecule has 0 aliphatic carbocycles. The Bertz CT molecular complexity index is 679. The SMILES string of the molecule is CC(=O)CCC(NC(C)(C)C)C(=O)NC(CCC(=O)O)C(=O)NCCNC(=O)C(C)(C)C. The second-order valence-corrected chi connectivity index (χ2v) is 9.98. The third-order valence-corrected chi connectivity index (χ3v) is 4.38. The number of carbonyl (C=O) groups is 5. The van der Waals surface area contributed by atoms with Crippen molar-refractivity contribution in [3.63, 3.8) is 0 Å². The van der Waals surface area contributed by atoms with Crippen LogP contribution in [-0.2, 0) is 24.0 Å². The van der Waals surface area contributed by atoms with Gasteiger partial charge >= 0.3 is 5.97 Å². The van der Waals surface area contributed by atoms with Crippen molar-refractivity contribution in [3.8, 4) is 0 Å². The summed E-state index contributed by atoms with van der Waals surface area (Å²) >= 11 is 0. The lowest BCUT2D eigenvalue weighted by Gasteiger charge is -2.29. The van der Waals surface area contributed by atoms with Gasteiger partial charge in [0.05, 0.1) is 6.04 Å². The van der Waals surface area contributed by atoms with Gasteiger partial charge in [0.15, 0.2) is 0 Å². The van der Waals surface area contributed by atoms with Gasteiger partial charge in [0.25, 0.3) is 0 Å². The number of hydrogen-bond donors (Lipinski definition) is 5. The molecule has 0 radical (unpaired) electrons. The first-order valence-corrected chi connectivity index (χ1v) is 10.9. The molecule has 0 bridgehead atoms. The molecule has 2 atom stereocenters. The number of hydrogen-bond acceptors (Lipinski definition) is 6. The van der Waals surface area contributed by atoms with Crippen LogP contribution in [-0.4, -0.2) is 65.3 Å². The van der Waals surface area contributed by atoms with Crippen molar-refractivity contribution in [3.05, 3.63) is 0 Å². The zero-order chi connectivity index (χ0) is 25.1. The maximum absolute atomic E-state index is 12.9. The number of Topliss-reactive ketones (excluding diaryl/α,β-unsaturated/α-hetero) is 1. The molecule has 2 unspecified atom stereocenters. The van der Waals surface area contributed by atoms with Crippen molar-refractivity contribution in [2.24, 2.45) is 5.41 Å². The first-order chi connectivity index (χ1) is 14.5. The number of rotatable bonds is 13. The average molecular weight is 457 g/mol. The Hall–Kier alpha value is -2.49. The predicted octanol–water partition coefficient (Wildman–Crippen LogP) is 0.740. The third kappa shape index (κ3) is 13.7. The number of carbonyl (C=O) groups excluding carboxylic acids is 4. The van der Waals surface area contributed by atoms with Crippen LogP contribution in [0.25, 0.3) is 0 Å². The van der Waals surface area contributed by atoms with Crippen LogP contribution in [0.4, 0.5) is 0 Å². The van der Waals surface area contributed by atoms with E-state index in [1.54, 1.807) is 20.8 Å². The van der Waals surface area contributed by atoms with E-state index in [1.807, 2.05) is 20.8 Å². The summed E-state index contributed by atoms with van der Waals surface area (Å²) in [6, 6.07) is -1.77. The summed E-state index contributed by atoms with van der Waals surface area (Å²) in [6.45, 7) is 12.7. The highest BCUT2D eigenvalue weighted by Crippen LogP contribution is 2.12. The number of nitrogens with one attached hydrogen (secondary N) is 4. The van der Waals surface area contributed by atoms with Gasteiger partial charge in [-0.05, 0) is 40.5 Å². The second kappa shape index (κ2) is 13.1. The van der Waals surface area contributed by atoms with E-state index in [4.69, 9.17) is 5.11 Å². The van der Waals surface area contributed by atoms with Gasteiger partial charge in [-0.15, -0.1) is 0 Å². The standard InChI is InChI=1S/C22H40N4O6/c1-14(27)8-9-16(26-22(5,6)7)19(31)25-15(10-11-17(28)29)18(30)23-12-13-24-20(32)21(2,3)4/h15-16,26H,8-13H2,1-7H3,(H,23,30)(H,24,32)(H,25,31)(H,28,29). The molecule has 0 spiro atoms. The largest absolute Gasteiger partial charge is 0.481 e. The molecule has 32 heavy (non-hydrogen) atoms. The van der Waals surface area contributed by atoms with Crippen molar-refractivity contribution in [1.82, 2.24) is 21.3 Å². The highest BCUT2D eigenvalue weighted by molar-refractivity contribution is 5.90. The van der Waals surface area contributed by atoms with E-state index in [2.05, 4.69) is 21.3 Å². The summed E-state index contributed by atoms with van der Waals surface area (Å²) in [5.41, 5.74) is -0.972. The van der Waals surface area contributed by atoms with Crippen LogP contribution < -0.4 is 21.3 Å². The Balaban J connectivity index is 5.10. The van der Waals surface area contributed by atoms with E-state index in [9.17, 15) is 24.0 Å². The fourth-order valence-electron chi connectivity index (χ4n) is 2.70. The lowest BCUT2D eigenvalue weighted by molar-refractivity contribution is -0.138. The smallest absolute Gasteiger partial charge is 0.303 e. The van der Waals surface area contributed by atoms with Crippen molar-refractivity contribution < 1.29 is 29.1 Å². The van der Waals surface area contributed by atoms with Crippen LogP contribution in [0.2, 0.25) is 0 Å². The van der Waals surface area contributed by atoms with E-state index >= 15 is 0 Å². The molecule has 0 rings (SSSR count). The minimum Gasteiger partial charge on any atom is -0.481 e. The minimum atomic E-state index is -1.09. The molecule has 0 fully saturated rings. The molecule has 0 aromatic heterocycles. The van der Waals surface area contributed by atoms with E-state index < -0.39 is 40.8 Å². The molecule has 10 heteroatoms. The number of ketones is 1. The Morgan fingerprint density at radius 1 is 0.781 bits per heavy atom. The van der Waals surface area contributed by atoms with Gasteiger partial charge in [0.2, 0.25) is 17.7 Å². The molecule has 5 N–H and O–H groups in total. The molecule has 0 aromatic carbocycles. The Morgan fingerprint density at radius 3 is 1.78 bits per heavy atom. The van der Waals surface area contributed by atoms with E-state index in [0.717, 1.165) is 0 Å². The van der Waals surface area contributed by atoms with Crippen LogP contribution in [0.15, 0.2) is 0 Å². The summed E-state index contributed by atoms with van der Waals surface area (Å²) in [5.74, 6) is -2.33. The summed E-state index contributed by atoms with van der Waals surface area (Å²) < 4.78 is 0. The van der Waals surface area contributed by atoms with Gasteiger partial charge in [0.1, 0.15) is 11.8 Å². The van der Waals surface area contributed by atoms with Crippen LogP contribution in [0.1, 0.15) is 74.1 Å². The highest BCUT2D eigenvalue weighted by atomic mass is 16.4. The van der Waals surface area contributed by atoms with E-state index in [-0.39, 0.29) is 50.5 Å². The zero-order valence-electron chi connectivity index (χ0n) is 20.4. The molecule has 0 heterocycles. The third-order valence-electron chi connectivity index (χ3n) is 4.38. The maximum Gasteiger partial charge on any atom is 0.303 e. The van der Waals surface area contributed by atoms with E-state index in [0.29, 0.717) is 0 Å². The van der Waals surface area contributed by atoms with Crippen LogP contribution >= 0.6 is 0 Å². The van der Waals surface area contributed by atoms with Gasteiger partial charge in [-0.1, -0.05) is 20.8 Å². The quantitative estimate of drug-likeness (QED) is 0.256. The molecule has 10 nitrogen and oxygen atoms in total. The molecule has 0 aliphatic rings. The second-order valence-electron chi connectivity index (χ2n) is 9.98. The van der Waals surface area contributed by atoms with Crippen molar-refractivity contribution in [2.45, 2.75) is 91.8 Å². The number of aliphatic carboxylic acids is 1. The van der Waals surface area contributed by atoms with Crippen LogP contribution in [0.3, 0.4) is 0 Å². The fourth-order valence-corrected chi connectivity index (χ4v) is 2.70. The molecule has 3 amide bonds. The lowest BCUT2D eigenvalue weighted by atomic mass is 9.96. The topological polar surface area (TPSA) is 154 Å². The van der Waals surface area contributed by atoms with E-state index in [1.165, 1.54) is 6.92 Å². The van der Waals surface area contributed by atoms with Crippen molar-refractivity contribution in [1.29, 1.82) is 0 Å². The molecule has 0 saturated carbocycles. The predicted molar refractivity (Wildman–Crippen MR) is 121 cm³/mol. The first kappa shape index (κ1) is 29.5. The Kier molecular flexibility index (Phi) is 12.1. The number of carboxylic acids is 1. The molecule has 0 aromatic rings. The summed E-state index contributed by atoms with van der Waals surface area (Å²) in [7, 11) is 0. The van der Waals surface area contributed by atoms with Crippen molar-refractivity contribution >= 4 is 29.5 Å². The van der Waals surface area contributed by atoms with Crippen LogP contribution in [0.5, 0.6) is 0 Å².